The van der Waals surface area contributed by atoms with E-state index in [1.807, 2.05) is 14.1 Å². The Morgan fingerprint density at radius 3 is 2.35 bits per heavy atom. The summed E-state index contributed by atoms with van der Waals surface area (Å²) in [7, 11) is 4.06. The lowest BCUT2D eigenvalue weighted by atomic mass is 9.80. The average Bonchev–Trinajstić information content (AvgIpc) is 2.42. The Morgan fingerprint density at radius 1 is 1.35 bits per heavy atom. The highest BCUT2D eigenvalue weighted by molar-refractivity contribution is 6.31. The van der Waals surface area contributed by atoms with Crippen LogP contribution in [0.3, 0.4) is 0 Å². The molecule has 3 N–H and O–H groups in total. The normalized spacial score (nSPS) is 13.8. The molecule has 1 aromatic rings. The summed E-state index contributed by atoms with van der Waals surface area (Å²) in [5, 5.41) is 0.449. The predicted octanol–water partition coefficient (Wildman–Crippen LogP) is 2.97. The quantitative estimate of drug-likeness (QED) is 0.601. The second kappa shape index (κ2) is 7.36. The molecule has 0 aliphatic rings. The van der Waals surface area contributed by atoms with Gasteiger partial charge in [-0.3, -0.25) is 11.3 Å². The first-order chi connectivity index (χ1) is 9.42. The minimum atomic E-state index is -0.280. The first kappa shape index (κ1) is 17.4. The molecule has 0 spiro atoms. The third kappa shape index (κ3) is 3.31. The molecule has 0 aliphatic heterocycles. The Kier molecular flexibility index (Phi) is 6.40. The maximum absolute atomic E-state index is 14.0. The van der Waals surface area contributed by atoms with Gasteiger partial charge in [0.1, 0.15) is 5.82 Å². The van der Waals surface area contributed by atoms with Crippen LogP contribution in [0.4, 0.5) is 4.39 Å². The van der Waals surface area contributed by atoms with E-state index in [4.69, 9.17) is 17.4 Å². The van der Waals surface area contributed by atoms with Gasteiger partial charge in [-0.15, -0.1) is 0 Å². The molecule has 0 fully saturated rings. The van der Waals surface area contributed by atoms with Crippen LogP contribution >= 0.6 is 11.6 Å². The van der Waals surface area contributed by atoms with Crippen molar-refractivity contribution >= 4 is 11.6 Å². The molecule has 0 saturated carbocycles. The SMILES string of the molecule is CCC(CC)(C(Cc1c(F)cccc1Cl)NN)N(C)C. The highest BCUT2D eigenvalue weighted by Gasteiger charge is 2.37. The van der Waals surface area contributed by atoms with Crippen molar-refractivity contribution in [2.45, 2.75) is 44.7 Å². The smallest absolute Gasteiger partial charge is 0.127 e. The number of nitrogens with zero attached hydrogens (tertiary/aromatic N) is 1. The Hall–Kier alpha value is -0.680. The summed E-state index contributed by atoms with van der Waals surface area (Å²) in [6.07, 6.45) is 2.29. The van der Waals surface area contributed by atoms with Crippen LogP contribution in [-0.4, -0.2) is 30.6 Å². The fourth-order valence-electron chi connectivity index (χ4n) is 3.02. The van der Waals surface area contributed by atoms with Crippen LogP contribution in [0.15, 0.2) is 18.2 Å². The number of hydrogen-bond acceptors (Lipinski definition) is 3. The minimum absolute atomic E-state index is 0.0816. The lowest BCUT2D eigenvalue weighted by Gasteiger charge is -2.45. The molecule has 3 nitrogen and oxygen atoms in total. The van der Waals surface area contributed by atoms with Gasteiger partial charge in [0.15, 0.2) is 0 Å². The zero-order valence-corrected chi connectivity index (χ0v) is 13.5. The molecule has 0 aromatic heterocycles. The topological polar surface area (TPSA) is 41.3 Å². The molecule has 0 saturated heterocycles. The number of hydrazine groups is 1. The number of benzene rings is 1. The largest absolute Gasteiger partial charge is 0.302 e. The van der Waals surface area contributed by atoms with Crippen molar-refractivity contribution in [1.82, 2.24) is 10.3 Å². The summed E-state index contributed by atoms with van der Waals surface area (Å²) in [5.41, 5.74) is 3.24. The average molecular weight is 302 g/mol. The van der Waals surface area contributed by atoms with Crippen LogP contribution in [0.1, 0.15) is 32.3 Å². The zero-order valence-electron chi connectivity index (χ0n) is 12.7. The van der Waals surface area contributed by atoms with Gasteiger partial charge in [-0.05, 0) is 45.5 Å². The molecular formula is C15H25ClFN3. The molecule has 1 atom stereocenters. The van der Waals surface area contributed by atoms with E-state index < -0.39 is 0 Å². The number of halogens is 2. The monoisotopic (exact) mass is 301 g/mol. The van der Waals surface area contributed by atoms with Crippen LogP contribution in [0.2, 0.25) is 5.02 Å². The van der Waals surface area contributed by atoms with Crippen molar-refractivity contribution in [3.8, 4) is 0 Å². The molecule has 20 heavy (non-hydrogen) atoms. The Labute approximate surface area is 126 Å². The van der Waals surface area contributed by atoms with Crippen molar-refractivity contribution in [2.75, 3.05) is 14.1 Å². The van der Waals surface area contributed by atoms with Crippen molar-refractivity contribution < 1.29 is 4.39 Å². The Bertz CT molecular complexity index is 413. The van der Waals surface area contributed by atoms with E-state index >= 15 is 0 Å². The van der Waals surface area contributed by atoms with Crippen LogP contribution in [-0.2, 0) is 6.42 Å². The van der Waals surface area contributed by atoms with Crippen LogP contribution < -0.4 is 11.3 Å². The lowest BCUT2D eigenvalue weighted by molar-refractivity contribution is 0.0878. The van der Waals surface area contributed by atoms with Gasteiger partial charge in [0.05, 0.1) is 0 Å². The van der Waals surface area contributed by atoms with Crippen LogP contribution in [0.25, 0.3) is 0 Å². The summed E-state index contributed by atoms with van der Waals surface area (Å²) in [4.78, 5) is 2.16. The maximum Gasteiger partial charge on any atom is 0.127 e. The lowest BCUT2D eigenvalue weighted by Crippen LogP contribution is -2.61. The minimum Gasteiger partial charge on any atom is -0.302 e. The van der Waals surface area contributed by atoms with E-state index in [1.165, 1.54) is 6.07 Å². The van der Waals surface area contributed by atoms with Crippen LogP contribution in [0.5, 0.6) is 0 Å². The van der Waals surface area contributed by atoms with Crippen molar-refractivity contribution in [3.05, 3.63) is 34.6 Å². The number of nitrogens with two attached hydrogens (primary N) is 1. The highest BCUT2D eigenvalue weighted by Crippen LogP contribution is 2.30. The first-order valence-corrected chi connectivity index (χ1v) is 7.37. The second-order valence-corrected chi connectivity index (χ2v) is 5.74. The molecule has 0 amide bonds. The van der Waals surface area contributed by atoms with E-state index in [0.717, 1.165) is 12.8 Å². The van der Waals surface area contributed by atoms with Crippen molar-refractivity contribution in [1.29, 1.82) is 0 Å². The summed E-state index contributed by atoms with van der Waals surface area (Å²) in [5.74, 6) is 5.47. The zero-order chi connectivity index (χ0) is 15.3. The van der Waals surface area contributed by atoms with Crippen LogP contribution in [0, 0.1) is 5.82 Å². The van der Waals surface area contributed by atoms with Gasteiger partial charge in [0.25, 0.3) is 0 Å². The number of rotatable bonds is 7. The Balaban J connectivity index is 3.13. The summed E-state index contributed by atoms with van der Waals surface area (Å²) in [6, 6.07) is 4.68. The predicted molar refractivity (Wildman–Crippen MR) is 83.2 cm³/mol. The first-order valence-electron chi connectivity index (χ1n) is 6.99. The van der Waals surface area contributed by atoms with E-state index in [0.29, 0.717) is 17.0 Å². The molecule has 1 unspecified atom stereocenters. The molecule has 5 heteroatoms. The summed E-state index contributed by atoms with van der Waals surface area (Å²) in [6.45, 7) is 4.24. The van der Waals surface area contributed by atoms with E-state index in [9.17, 15) is 4.39 Å². The van der Waals surface area contributed by atoms with Gasteiger partial charge in [0.2, 0.25) is 0 Å². The van der Waals surface area contributed by atoms with Gasteiger partial charge in [-0.25, -0.2) is 4.39 Å². The highest BCUT2D eigenvalue weighted by atomic mass is 35.5. The summed E-state index contributed by atoms with van der Waals surface area (Å²) < 4.78 is 14.0. The molecule has 114 valence electrons. The number of likely N-dealkylation sites (N-methyl/N-ethyl adjacent to an activating group) is 1. The molecule has 1 aromatic carbocycles. The Morgan fingerprint density at radius 2 is 1.95 bits per heavy atom. The summed E-state index contributed by atoms with van der Waals surface area (Å²) >= 11 is 6.12. The van der Waals surface area contributed by atoms with E-state index in [1.54, 1.807) is 12.1 Å². The van der Waals surface area contributed by atoms with E-state index in [2.05, 4.69) is 24.2 Å². The molecule has 0 aliphatic carbocycles. The fourth-order valence-corrected chi connectivity index (χ4v) is 3.26. The second-order valence-electron chi connectivity index (χ2n) is 5.33. The van der Waals surface area contributed by atoms with Crippen molar-refractivity contribution in [2.24, 2.45) is 5.84 Å². The number of hydrogen-bond donors (Lipinski definition) is 2. The van der Waals surface area contributed by atoms with Gasteiger partial charge < -0.3 is 4.90 Å². The van der Waals surface area contributed by atoms with Crippen molar-refractivity contribution in [3.63, 3.8) is 0 Å². The van der Waals surface area contributed by atoms with Gasteiger partial charge in [-0.1, -0.05) is 31.5 Å². The number of nitrogens with one attached hydrogen (secondary N) is 1. The standard InChI is InChI=1S/C15H25ClFN3/c1-5-15(6-2,20(3)4)14(19-18)10-11-12(16)8-7-9-13(11)17/h7-9,14,19H,5-6,10,18H2,1-4H3. The third-order valence-corrected chi connectivity index (χ3v) is 4.79. The third-order valence-electron chi connectivity index (χ3n) is 4.43. The molecule has 0 radical (unpaired) electrons. The molecular weight excluding hydrogens is 277 g/mol. The molecule has 0 bridgehead atoms. The maximum atomic E-state index is 14.0. The van der Waals surface area contributed by atoms with Gasteiger partial charge in [-0.2, -0.15) is 0 Å². The van der Waals surface area contributed by atoms with E-state index in [-0.39, 0.29) is 17.4 Å². The molecule has 1 rings (SSSR count). The fraction of sp³-hybridized carbons (Fsp3) is 0.600. The van der Waals surface area contributed by atoms with Gasteiger partial charge >= 0.3 is 0 Å². The van der Waals surface area contributed by atoms with Gasteiger partial charge in [0, 0.05) is 22.2 Å². The molecule has 0 heterocycles.